The fraction of sp³-hybridized carbons (Fsp3) is 0.250. The lowest BCUT2D eigenvalue weighted by Crippen LogP contribution is -2.40. The molecule has 1 spiro atoms. The van der Waals surface area contributed by atoms with E-state index in [1.165, 1.54) is 0 Å². The number of aromatic nitrogens is 1. The number of likely N-dealkylation sites (tertiary alicyclic amines) is 1. The van der Waals surface area contributed by atoms with Crippen molar-refractivity contribution in [1.82, 2.24) is 9.88 Å². The van der Waals surface area contributed by atoms with E-state index in [2.05, 4.69) is 11.6 Å². The smallest absolute Gasteiger partial charge is 0.339 e. The number of pyridine rings is 1. The highest BCUT2D eigenvalue weighted by Gasteiger charge is 2.57. The van der Waals surface area contributed by atoms with E-state index >= 15 is 0 Å². The van der Waals surface area contributed by atoms with E-state index in [0.29, 0.717) is 25.1 Å². The van der Waals surface area contributed by atoms with Crippen LogP contribution in [-0.4, -0.2) is 34.8 Å². The molecule has 3 aliphatic rings. The molecule has 2 fully saturated rings. The highest BCUT2D eigenvalue weighted by molar-refractivity contribution is 5.96. The average molecular weight is 437 g/mol. The summed E-state index contributed by atoms with van der Waals surface area (Å²) in [5.41, 5.74) is 4.09. The van der Waals surface area contributed by atoms with Gasteiger partial charge in [-0.3, -0.25) is 9.78 Å². The topological polar surface area (TPSA) is 59.5 Å². The maximum atomic E-state index is 13.7. The normalized spacial score (nSPS) is 22.2. The first-order chi connectivity index (χ1) is 16.0. The summed E-state index contributed by atoms with van der Waals surface area (Å²) < 4.78 is 5.84. The molecule has 3 heterocycles. The molecule has 3 aromatic rings. The van der Waals surface area contributed by atoms with Crippen LogP contribution in [0.1, 0.15) is 52.0 Å². The molecule has 1 amide bonds. The zero-order valence-corrected chi connectivity index (χ0v) is 18.3. The minimum Gasteiger partial charge on any atom is -0.449 e. The Hall–Kier alpha value is -3.73. The summed E-state index contributed by atoms with van der Waals surface area (Å²) in [6.07, 6.45) is 4.08. The minimum absolute atomic E-state index is 0.135. The Kier molecular flexibility index (Phi) is 4.31. The van der Waals surface area contributed by atoms with Crippen LogP contribution >= 0.6 is 0 Å². The number of fused-ring (bicyclic) bond motifs is 2. The van der Waals surface area contributed by atoms with Crippen LogP contribution in [-0.2, 0) is 20.5 Å². The van der Waals surface area contributed by atoms with E-state index in [0.717, 1.165) is 40.8 Å². The van der Waals surface area contributed by atoms with Gasteiger partial charge in [0.15, 0.2) is 5.60 Å². The van der Waals surface area contributed by atoms with Gasteiger partial charge in [-0.1, -0.05) is 55.1 Å². The third kappa shape index (κ3) is 3.03. The van der Waals surface area contributed by atoms with Crippen molar-refractivity contribution >= 4 is 17.4 Å². The molecular formula is C28H24N2O3. The number of benzene rings is 2. The van der Waals surface area contributed by atoms with Crippen LogP contribution in [0, 0.1) is 0 Å². The van der Waals surface area contributed by atoms with Gasteiger partial charge in [0.2, 0.25) is 5.91 Å². The van der Waals surface area contributed by atoms with Crippen molar-refractivity contribution in [2.24, 2.45) is 0 Å². The molecule has 0 N–H and O–H groups in total. The molecule has 33 heavy (non-hydrogen) atoms. The second kappa shape index (κ2) is 7.14. The lowest BCUT2D eigenvalue weighted by atomic mass is 9.91. The first-order valence-electron chi connectivity index (χ1n) is 11.4. The van der Waals surface area contributed by atoms with Crippen LogP contribution in [0.2, 0.25) is 0 Å². The SMILES string of the molecule is C=C(c1ccc(C2(C(=O)N3CC[C@@]4(C3)OC(=O)c3ccccc34)CC2)cc1)c1ccccn1. The fourth-order valence-corrected chi connectivity index (χ4v) is 5.34. The van der Waals surface area contributed by atoms with Crippen LogP contribution in [0.25, 0.3) is 5.57 Å². The standard InChI is InChI=1S/C28H24N2O3/c1-19(24-8-4-5-16-29-24)20-9-11-21(12-10-20)27(13-14-27)26(32)30-17-15-28(18-30)23-7-3-2-6-22(23)25(31)33-28/h2-12,16H,1,13-15,17-18H2/t28-/m0/s1. The highest BCUT2D eigenvalue weighted by atomic mass is 16.6. The van der Waals surface area contributed by atoms with Crippen LogP contribution in [0.3, 0.4) is 0 Å². The molecule has 1 atom stereocenters. The van der Waals surface area contributed by atoms with Gasteiger partial charge in [-0.15, -0.1) is 0 Å². The first kappa shape index (κ1) is 19.9. The monoisotopic (exact) mass is 436 g/mol. The van der Waals surface area contributed by atoms with E-state index < -0.39 is 11.0 Å². The Bertz CT molecular complexity index is 1280. The summed E-state index contributed by atoms with van der Waals surface area (Å²) in [6, 6.07) is 21.5. The Morgan fingerprint density at radius 3 is 2.45 bits per heavy atom. The molecule has 5 heteroatoms. The maximum Gasteiger partial charge on any atom is 0.339 e. The molecule has 2 aliphatic heterocycles. The number of hydrogen-bond acceptors (Lipinski definition) is 4. The Morgan fingerprint density at radius 1 is 0.970 bits per heavy atom. The lowest BCUT2D eigenvalue weighted by Gasteiger charge is -2.27. The third-order valence-corrected chi connectivity index (χ3v) is 7.36. The van der Waals surface area contributed by atoms with Gasteiger partial charge in [-0.05, 0) is 42.2 Å². The summed E-state index contributed by atoms with van der Waals surface area (Å²) >= 11 is 0. The van der Waals surface area contributed by atoms with Gasteiger partial charge in [-0.25, -0.2) is 4.79 Å². The summed E-state index contributed by atoms with van der Waals surface area (Å²) in [5.74, 6) is -0.152. The first-order valence-corrected chi connectivity index (χ1v) is 11.4. The molecule has 1 aliphatic carbocycles. The molecule has 2 aromatic carbocycles. The predicted octanol–water partition coefficient (Wildman–Crippen LogP) is 4.47. The van der Waals surface area contributed by atoms with Gasteiger partial charge in [0.05, 0.1) is 23.2 Å². The largest absolute Gasteiger partial charge is 0.449 e. The molecule has 164 valence electrons. The van der Waals surface area contributed by atoms with E-state index in [9.17, 15) is 9.59 Å². The summed E-state index contributed by atoms with van der Waals surface area (Å²) in [5, 5.41) is 0. The van der Waals surface area contributed by atoms with Crippen molar-refractivity contribution in [2.75, 3.05) is 13.1 Å². The summed E-state index contributed by atoms with van der Waals surface area (Å²) in [4.78, 5) is 32.3. The number of carbonyl (C=O) groups excluding carboxylic acids is 2. The number of rotatable bonds is 4. The predicted molar refractivity (Wildman–Crippen MR) is 124 cm³/mol. The maximum absolute atomic E-state index is 13.7. The van der Waals surface area contributed by atoms with Crippen molar-refractivity contribution < 1.29 is 14.3 Å². The van der Waals surface area contributed by atoms with Crippen LogP contribution in [0.5, 0.6) is 0 Å². The average Bonchev–Trinajstić information content (AvgIpc) is 3.50. The van der Waals surface area contributed by atoms with Gasteiger partial charge in [0, 0.05) is 30.3 Å². The molecule has 1 aromatic heterocycles. The molecule has 0 bridgehead atoms. The highest BCUT2D eigenvalue weighted by Crippen LogP contribution is 2.52. The number of ether oxygens (including phenoxy) is 1. The number of esters is 1. The van der Waals surface area contributed by atoms with Crippen LogP contribution in [0.15, 0.2) is 79.5 Å². The van der Waals surface area contributed by atoms with Gasteiger partial charge in [-0.2, -0.15) is 0 Å². The number of hydrogen-bond donors (Lipinski definition) is 0. The van der Waals surface area contributed by atoms with Crippen molar-refractivity contribution in [2.45, 2.75) is 30.3 Å². The van der Waals surface area contributed by atoms with Crippen LogP contribution in [0.4, 0.5) is 0 Å². The van der Waals surface area contributed by atoms with Gasteiger partial charge in [0.1, 0.15) is 0 Å². The fourth-order valence-electron chi connectivity index (χ4n) is 5.34. The number of carbonyl (C=O) groups is 2. The van der Waals surface area contributed by atoms with Crippen molar-refractivity contribution in [3.05, 3.63) is 107 Å². The van der Waals surface area contributed by atoms with Crippen molar-refractivity contribution in [3.63, 3.8) is 0 Å². The summed E-state index contributed by atoms with van der Waals surface area (Å²) in [6.45, 7) is 5.20. The van der Waals surface area contributed by atoms with E-state index in [-0.39, 0.29) is 11.9 Å². The Labute approximate surface area is 192 Å². The van der Waals surface area contributed by atoms with Gasteiger partial charge >= 0.3 is 5.97 Å². The number of nitrogens with zero attached hydrogens (tertiary/aromatic N) is 2. The lowest BCUT2D eigenvalue weighted by molar-refractivity contribution is -0.134. The second-order valence-electron chi connectivity index (χ2n) is 9.26. The van der Waals surface area contributed by atoms with Crippen molar-refractivity contribution in [1.29, 1.82) is 0 Å². The molecule has 0 radical (unpaired) electrons. The molecule has 0 unspecified atom stereocenters. The molecule has 6 rings (SSSR count). The zero-order valence-electron chi connectivity index (χ0n) is 18.3. The minimum atomic E-state index is -0.705. The van der Waals surface area contributed by atoms with E-state index in [1.54, 1.807) is 12.3 Å². The van der Waals surface area contributed by atoms with Crippen molar-refractivity contribution in [3.8, 4) is 0 Å². The number of amides is 1. The Morgan fingerprint density at radius 2 is 1.73 bits per heavy atom. The third-order valence-electron chi connectivity index (χ3n) is 7.36. The van der Waals surface area contributed by atoms with Gasteiger partial charge < -0.3 is 9.64 Å². The van der Waals surface area contributed by atoms with E-state index in [4.69, 9.17) is 4.74 Å². The molecular weight excluding hydrogens is 412 g/mol. The second-order valence-corrected chi connectivity index (χ2v) is 9.26. The Balaban J connectivity index is 1.22. The summed E-state index contributed by atoms with van der Waals surface area (Å²) in [7, 11) is 0. The van der Waals surface area contributed by atoms with Crippen LogP contribution < -0.4 is 0 Å². The molecule has 5 nitrogen and oxygen atoms in total. The van der Waals surface area contributed by atoms with Gasteiger partial charge in [0.25, 0.3) is 0 Å². The quantitative estimate of drug-likeness (QED) is 0.566. The molecule has 1 saturated heterocycles. The zero-order chi connectivity index (χ0) is 22.6. The molecule has 1 saturated carbocycles. The van der Waals surface area contributed by atoms with E-state index in [1.807, 2.05) is 65.6 Å².